The SMILES string of the molecule is COc1cc(/C=C2\N=C(c3ccccc3)OC2=O)ccc1OCC(C)C. The van der Waals surface area contributed by atoms with Gasteiger partial charge in [-0.25, -0.2) is 9.79 Å². The minimum Gasteiger partial charge on any atom is -0.493 e. The summed E-state index contributed by atoms with van der Waals surface area (Å²) in [5, 5.41) is 0. The molecule has 0 N–H and O–H groups in total. The maximum atomic E-state index is 12.1. The number of methoxy groups -OCH3 is 1. The number of esters is 1. The van der Waals surface area contributed by atoms with Crippen molar-refractivity contribution in [3.63, 3.8) is 0 Å². The van der Waals surface area contributed by atoms with Crippen molar-refractivity contribution in [1.82, 2.24) is 0 Å². The molecule has 0 atom stereocenters. The van der Waals surface area contributed by atoms with E-state index in [2.05, 4.69) is 18.8 Å². The van der Waals surface area contributed by atoms with E-state index in [1.807, 2.05) is 48.5 Å². The van der Waals surface area contributed by atoms with Gasteiger partial charge in [0.15, 0.2) is 17.2 Å². The zero-order valence-electron chi connectivity index (χ0n) is 15.1. The molecule has 0 spiro atoms. The van der Waals surface area contributed by atoms with Crippen LogP contribution in [0.25, 0.3) is 6.08 Å². The van der Waals surface area contributed by atoms with Crippen LogP contribution in [0.3, 0.4) is 0 Å². The number of aliphatic imine (C=N–C) groups is 1. The van der Waals surface area contributed by atoms with Crippen molar-refractivity contribution in [1.29, 1.82) is 0 Å². The van der Waals surface area contributed by atoms with Crippen LogP contribution in [0.2, 0.25) is 0 Å². The van der Waals surface area contributed by atoms with Crippen LogP contribution in [0, 0.1) is 5.92 Å². The van der Waals surface area contributed by atoms with Gasteiger partial charge in [0, 0.05) is 5.56 Å². The van der Waals surface area contributed by atoms with Gasteiger partial charge in [0.1, 0.15) is 0 Å². The molecule has 0 saturated heterocycles. The van der Waals surface area contributed by atoms with Crippen LogP contribution in [0.5, 0.6) is 11.5 Å². The van der Waals surface area contributed by atoms with E-state index >= 15 is 0 Å². The van der Waals surface area contributed by atoms with Crippen LogP contribution in [-0.2, 0) is 9.53 Å². The van der Waals surface area contributed by atoms with Gasteiger partial charge in [-0.3, -0.25) is 0 Å². The third-order valence-electron chi connectivity index (χ3n) is 3.70. The summed E-state index contributed by atoms with van der Waals surface area (Å²) in [7, 11) is 1.59. The van der Waals surface area contributed by atoms with Crippen molar-refractivity contribution in [3.8, 4) is 11.5 Å². The number of ether oxygens (including phenoxy) is 3. The largest absolute Gasteiger partial charge is 0.493 e. The lowest BCUT2D eigenvalue weighted by molar-refractivity contribution is -0.129. The standard InChI is InChI=1S/C21H21NO4/c1-14(2)13-25-18-10-9-15(12-19(18)24-3)11-17-21(23)26-20(22-17)16-7-5-4-6-8-16/h4-12,14H,13H2,1-3H3/b17-11-. The molecule has 0 unspecified atom stereocenters. The number of carbonyl (C=O) groups is 1. The van der Waals surface area contributed by atoms with E-state index in [9.17, 15) is 4.79 Å². The highest BCUT2D eigenvalue weighted by molar-refractivity contribution is 6.12. The van der Waals surface area contributed by atoms with E-state index < -0.39 is 5.97 Å². The molecule has 5 heteroatoms. The first-order valence-corrected chi connectivity index (χ1v) is 8.45. The van der Waals surface area contributed by atoms with E-state index in [0.29, 0.717) is 29.9 Å². The van der Waals surface area contributed by atoms with E-state index in [1.54, 1.807) is 13.2 Å². The molecule has 2 aromatic carbocycles. The molecule has 1 aliphatic heterocycles. The summed E-state index contributed by atoms with van der Waals surface area (Å²) in [5.74, 6) is 1.54. The molecule has 3 rings (SSSR count). The van der Waals surface area contributed by atoms with Crippen LogP contribution < -0.4 is 9.47 Å². The van der Waals surface area contributed by atoms with Gasteiger partial charge < -0.3 is 14.2 Å². The Balaban J connectivity index is 1.85. The number of rotatable bonds is 6. The lowest BCUT2D eigenvalue weighted by Crippen LogP contribution is -2.05. The fourth-order valence-electron chi connectivity index (χ4n) is 2.42. The first kappa shape index (κ1) is 17.7. The number of carbonyl (C=O) groups excluding carboxylic acids is 1. The smallest absolute Gasteiger partial charge is 0.363 e. The summed E-state index contributed by atoms with van der Waals surface area (Å²) < 4.78 is 16.4. The van der Waals surface area contributed by atoms with Crippen LogP contribution in [0.15, 0.2) is 59.2 Å². The summed E-state index contributed by atoms with van der Waals surface area (Å²) in [6.45, 7) is 4.77. The molecule has 1 heterocycles. The van der Waals surface area contributed by atoms with Crippen LogP contribution in [0.4, 0.5) is 0 Å². The predicted molar refractivity (Wildman–Crippen MR) is 100 cm³/mol. The second-order valence-electron chi connectivity index (χ2n) is 6.32. The Labute approximate surface area is 152 Å². The molecule has 0 aliphatic carbocycles. The maximum Gasteiger partial charge on any atom is 0.363 e. The maximum absolute atomic E-state index is 12.1. The monoisotopic (exact) mass is 351 g/mol. The number of hydrogen-bond donors (Lipinski definition) is 0. The molecule has 134 valence electrons. The van der Waals surface area contributed by atoms with E-state index in [4.69, 9.17) is 14.2 Å². The van der Waals surface area contributed by atoms with Crippen molar-refractivity contribution in [3.05, 3.63) is 65.4 Å². The third kappa shape index (κ3) is 4.11. The second kappa shape index (κ2) is 7.87. The number of benzene rings is 2. The Morgan fingerprint density at radius 2 is 1.88 bits per heavy atom. The number of nitrogens with zero attached hydrogens (tertiary/aromatic N) is 1. The quantitative estimate of drug-likeness (QED) is 0.581. The number of cyclic esters (lactones) is 1. The summed E-state index contributed by atoms with van der Waals surface area (Å²) in [4.78, 5) is 16.4. The fourth-order valence-corrected chi connectivity index (χ4v) is 2.42. The molecule has 0 radical (unpaired) electrons. The normalized spacial score (nSPS) is 15.2. The van der Waals surface area contributed by atoms with Gasteiger partial charge in [0.25, 0.3) is 0 Å². The summed E-state index contributed by atoms with van der Waals surface area (Å²) in [5.41, 5.74) is 1.80. The van der Waals surface area contributed by atoms with Gasteiger partial charge in [-0.1, -0.05) is 38.1 Å². The Morgan fingerprint density at radius 3 is 2.58 bits per heavy atom. The average Bonchev–Trinajstić information content (AvgIpc) is 3.01. The minimum absolute atomic E-state index is 0.252. The Morgan fingerprint density at radius 1 is 1.12 bits per heavy atom. The van der Waals surface area contributed by atoms with Crippen molar-refractivity contribution in [2.75, 3.05) is 13.7 Å². The molecule has 1 aliphatic rings. The highest BCUT2D eigenvalue weighted by Crippen LogP contribution is 2.30. The van der Waals surface area contributed by atoms with Gasteiger partial charge in [0.05, 0.1) is 13.7 Å². The molecule has 26 heavy (non-hydrogen) atoms. The molecule has 2 aromatic rings. The second-order valence-corrected chi connectivity index (χ2v) is 6.32. The number of hydrogen-bond acceptors (Lipinski definition) is 5. The highest BCUT2D eigenvalue weighted by atomic mass is 16.6. The summed E-state index contributed by atoms with van der Waals surface area (Å²) in [6.07, 6.45) is 1.67. The van der Waals surface area contributed by atoms with E-state index in [0.717, 1.165) is 11.1 Å². The van der Waals surface area contributed by atoms with Crippen LogP contribution in [-0.4, -0.2) is 25.6 Å². The van der Waals surface area contributed by atoms with Crippen molar-refractivity contribution >= 4 is 17.9 Å². The first-order valence-electron chi connectivity index (χ1n) is 8.45. The lowest BCUT2D eigenvalue weighted by atomic mass is 10.1. The molecular formula is C21H21NO4. The van der Waals surface area contributed by atoms with Crippen LogP contribution in [0.1, 0.15) is 25.0 Å². The highest BCUT2D eigenvalue weighted by Gasteiger charge is 2.24. The Hall–Kier alpha value is -3.08. The van der Waals surface area contributed by atoms with Gasteiger partial charge >= 0.3 is 5.97 Å². The molecule has 0 fully saturated rings. The first-order chi connectivity index (χ1) is 12.6. The Bertz CT molecular complexity index is 854. The molecule has 0 bridgehead atoms. The van der Waals surface area contributed by atoms with Gasteiger partial charge in [0.2, 0.25) is 5.90 Å². The zero-order valence-corrected chi connectivity index (χ0v) is 15.1. The Kier molecular flexibility index (Phi) is 5.37. The van der Waals surface area contributed by atoms with E-state index in [1.165, 1.54) is 0 Å². The zero-order chi connectivity index (χ0) is 18.5. The average molecular weight is 351 g/mol. The van der Waals surface area contributed by atoms with E-state index in [-0.39, 0.29) is 5.70 Å². The molecule has 0 amide bonds. The van der Waals surface area contributed by atoms with Gasteiger partial charge in [-0.15, -0.1) is 0 Å². The minimum atomic E-state index is -0.469. The van der Waals surface area contributed by atoms with Crippen LogP contribution >= 0.6 is 0 Å². The predicted octanol–water partition coefficient (Wildman–Crippen LogP) is 4.07. The third-order valence-corrected chi connectivity index (χ3v) is 3.70. The molecule has 5 nitrogen and oxygen atoms in total. The molecule has 0 saturated carbocycles. The summed E-state index contributed by atoms with van der Waals surface area (Å²) >= 11 is 0. The molecule has 0 aromatic heterocycles. The van der Waals surface area contributed by atoms with Crippen molar-refractivity contribution in [2.45, 2.75) is 13.8 Å². The summed E-state index contributed by atoms with van der Waals surface area (Å²) in [6, 6.07) is 14.8. The van der Waals surface area contributed by atoms with Crippen molar-refractivity contribution < 1.29 is 19.0 Å². The topological polar surface area (TPSA) is 57.1 Å². The fraction of sp³-hybridized carbons (Fsp3) is 0.238. The van der Waals surface area contributed by atoms with Gasteiger partial charge in [-0.05, 0) is 41.8 Å². The lowest BCUT2D eigenvalue weighted by Gasteiger charge is -2.12. The molecular weight excluding hydrogens is 330 g/mol. The van der Waals surface area contributed by atoms with Gasteiger partial charge in [-0.2, -0.15) is 0 Å². The van der Waals surface area contributed by atoms with Crippen molar-refractivity contribution in [2.24, 2.45) is 10.9 Å².